The fourth-order valence-electron chi connectivity index (χ4n) is 1.68. The fourth-order valence-corrected chi connectivity index (χ4v) is 3.78. The molecule has 0 aliphatic carbocycles. The molecule has 0 saturated carbocycles. The highest BCUT2D eigenvalue weighted by atomic mass is 32.2. The maximum absolute atomic E-state index is 4.51. The van der Waals surface area contributed by atoms with E-state index in [-0.39, 0.29) is 5.41 Å². The van der Waals surface area contributed by atoms with E-state index < -0.39 is 0 Å². The van der Waals surface area contributed by atoms with E-state index in [2.05, 4.69) is 42.8 Å². The highest BCUT2D eigenvalue weighted by Gasteiger charge is 2.19. The second-order valence-electron chi connectivity index (χ2n) is 5.32. The van der Waals surface area contributed by atoms with Crippen LogP contribution in [-0.2, 0) is 12.0 Å². The van der Waals surface area contributed by atoms with E-state index in [1.54, 1.807) is 0 Å². The summed E-state index contributed by atoms with van der Waals surface area (Å²) < 4.78 is 0. The first-order valence-corrected chi connectivity index (χ1v) is 7.79. The number of hydrogen-bond acceptors (Lipinski definition) is 4. The van der Waals surface area contributed by atoms with Crippen LogP contribution in [-0.4, -0.2) is 22.5 Å². The molecule has 0 radical (unpaired) electrons. The second kappa shape index (κ2) is 5.07. The van der Waals surface area contributed by atoms with E-state index in [1.165, 1.54) is 27.8 Å². The molecule has 1 unspecified atom stereocenters. The Morgan fingerprint density at radius 2 is 2.31 bits per heavy atom. The van der Waals surface area contributed by atoms with Gasteiger partial charge in [0, 0.05) is 34.8 Å². The maximum atomic E-state index is 4.51. The van der Waals surface area contributed by atoms with E-state index in [0.29, 0.717) is 6.04 Å². The molecule has 1 atom stereocenters. The summed E-state index contributed by atoms with van der Waals surface area (Å²) in [5, 5.41) is 4.85. The van der Waals surface area contributed by atoms with Crippen molar-refractivity contribution in [1.82, 2.24) is 10.3 Å². The molecule has 0 spiro atoms. The molecule has 0 bridgehead atoms. The topological polar surface area (TPSA) is 24.9 Å². The summed E-state index contributed by atoms with van der Waals surface area (Å²) in [5.74, 6) is 2.58. The van der Waals surface area contributed by atoms with Crippen molar-refractivity contribution in [2.75, 3.05) is 11.5 Å². The molecule has 1 N–H and O–H groups in total. The molecule has 4 heteroatoms. The van der Waals surface area contributed by atoms with Crippen LogP contribution in [0, 0.1) is 0 Å². The highest BCUT2D eigenvalue weighted by Crippen LogP contribution is 2.27. The minimum Gasteiger partial charge on any atom is -0.308 e. The van der Waals surface area contributed by atoms with Gasteiger partial charge >= 0.3 is 0 Å². The molecule has 1 aromatic rings. The zero-order valence-electron chi connectivity index (χ0n) is 10.2. The Balaban J connectivity index is 1.87. The summed E-state index contributed by atoms with van der Waals surface area (Å²) >= 11 is 3.89. The lowest BCUT2D eigenvalue weighted by atomic mass is 9.98. The Morgan fingerprint density at radius 1 is 1.50 bits per heavy atom. The van der Waals surface area contributed by atoms with Gasteiger partial charge in [-0.15, -0.1) is 11.3 Å². The summed E-state index contributed by atoms with van der Waals surface area (Å²) in [6, 6.07) is 0.713. The summed E-state index contributed by atoms with van der Waals surface area (Å²) in [4.78, 5) is 5.87. The first-order valence-electron chi connectivity index (χ1n) is 5.82. The summed E-state index contributed by atoms with van der Waals surface area (Å²) in [5.41, 5.74) is 0.187. The Hall–Kier alpha value is -0.0600. The van der Waals surface area contributed by atoms with E-state index in [9.17, 15) is 0 Å². The normalized spacial score (nSPS) is 21.6. The molecule has 90 valence electrons. The minimum atomic E-state index is 0.187. The van der Waals surface area contributed by atoms with Crippen molar-refractivity contribution < 1.29 is 0 Å². The van der Waals surface area contributed by atoms with E-state index in [4.69, 9.17) is 0 Å². The number of rotatable bonds is 3. The van der Waals surface area contributed by atoms with Gasteiger partial charge in [0.25, 0.3) is 0 Å². The minimum absolute atomic E-state index is 0.187. The fraction of sp³-hybridized carbons (Fsp3) is 0.750. The molecule has 16 heavy (non-hydrogen) atoms. The number of hydrogen-bond donors (Lipinski definition) is 1. The Morgan fingerprint density at radius 3 is 2.88 bits per heavy atom. The SMILES string of the molecule is CC(C)(C)c1ncc(CNC2CCSC2)s1. The molecule has 1 fully saturated rings. The van der Waals surface area contributed by atoms with E-state index >= 15 is 0 Å². The third-order valence-electron chi connectivity index (χ3n) is 2.69. The van der Waals surface area contributed by atoms with Gasteiger partial charge < -0.3 is 5.32 Å². The molecule has 1 aliphatic heterocycles. The van der Waals surface area contributed by atoms with Gasteiger partial charge in [0.15, 0.2) is 0 Å². The largest absolute Gasteiger partial charge is 0.308 e. The second-order valence-corrected chi connectivity index (χ2v) is 7.59. The molecule has 2 nitrogen and oxygen atoms in total. The molecular formula is C12H20N2S2. The van der Waals surface area contributed by atoms with Crippen LogP contribution in [0.15, 0.2) is 6.20 Å². The third-order valence-corrected chi connectivity index (χ3v) is 5.28. The third kappa shape index (κ3) is 3.22. The lowest BCUT2D eigenvalue weighted by molar-refractivity contribution is 0.561. The maximum Gasteiger partial charge on any atom is 0.0981 e. The van der Waals surface area contributed by atoms with Crippen molar-refractivity contribution in [3.05, 3.63) is 16.1 Å². The smallest absolute Gasteiger partial charge is 0.0981 e. The first-order chi connectivity index (χ1) is 7.55. The van der Waals surface area contributed by atoms with Crippen LogP contribution in [0.1, 0.15) is 37.1 Å². The summed E-state index contributed by atoms with van der Waals surface area (Å²) in [7, 11) is 0. The summed E-state index contributed by atoms with van der Waals surface area (Å²) in [6.45, 7) is 7.64. The van der Waals surface area contributed by atoms with E-state index in [0.717, 1.165) is 6.54 Å². The Kier molecular flexibility index (Phi) is 3.93. The van der Waals surface area contributed by atoms with Gasteiger partial charge in [-0.1, -0.05) is 20.8 Å². The molecule has 2 heterocycles. The van der Waals surface area contributed by atoms with Gasteiger partial charge in [0.05, 0.1) is 5.01 Å². The molecule has 1 saturated heterocycles. The molecule has 0 aromatic carbocycles. The lowest BCUT2D eigenvalue weighted by Gasteiger charge is -2.13. The van der Waals surface area contributed by atoms with Gasteiger partial charge in [-0.25, -0.2) is 4.98 Å². The molecule has 0 amide bonds. The van der Waals surface area contributed by atoms with Crippen molar-refractivity contribution in [1.29, 1.82) is 0 Å². The van der Waals surface area contributed by atoms with Gasteiger partial charge in [0.1, 0.15) is 0 Å². The van der Waals surface area contributed by atoms with Crippen LogP contribution in [0.3, 0.4) is 0 Å². The Bertz CT molecular complexity index is 335. The van der Waals surface area contributed by atoms with Crippen molar-refractivity contribution >= 4 is 23.1 Å². The van der Waals surface area contributed by atoms with Gasteiger partial charge in [-0.05, 0) is 12.2 Å². The van der Waals surface area contributed by atoms with Crippen LogP contribution < -0.4 is 5.32 Å². The molecule has 2 rings (SSSR count). The molecule has 1 aromatic heterocycles. The zero-order chi connectivity index (χ0) is 11.6. The number of aromatic nitrogens is 1. The quantitative estimate of drug-likeness (QED) is 0.900. The number of thioether (sulfide) groups is 1. The zero-order valence-corrected chi connectivity index (χ0v) is 11.9. The van der Waals surface area contributed by atoms with Gasteiger partial charge in [-0.2, -0.15) is 11.8 Å². The van der Waals surface area contributed by atoms with Crippen molar-refractivity contribution in [2.24, 2.45) is 0 Å². The lowest BCUT2D eigenvalue weighted by Crippen LogP contribution is -2.27. The average molecular weight is 256 g/mol. The molecular weight excluding hydrogens is 236 g/mol. The monoisotopic (exact) mass is 256 g/mol. The number of nitrogens with zero attached hydrogens (tertiary/aromatic N) is 1. The van der Waals surface area contributed by atoms with Crippen molar-refractivity contribution in [3.8, 4) is 0 Å². The highest BCUT2D eigenvalue weighted by molar-refractivity contribution is 7.99. The number of nitrogens with one attached hydrogen (secondary N) is 1. The standard InChI is InChI=1S/C12H20N2S2/c1-12(2,3)11-14-7-10(16-11)6-13-9-4-5-15-8-9/h7,9,13H,4-6,8H2,1-3H3. The van der Waals surface area contributed by atoms with Crippen molar-refractivity contribution in [3.63, 3.8) is 0 Å². The van der Waals surface area contributed by atoms with Crippen LogP contribution in [0.5, 0.6) is 0 Å². The summed E-state index contributed by atoms with van der Waals surface area (Å²) in [6.07, 6.45) is 3.34. The molecule has 1 aliphatic rings. The van der Waals surface area contributed by atoms with Crippen molar-refractivity contribution in [2.45, 2.75) is 45.2 Å². The van der Waals surface area contributed by atoms with Crippen LogP contribution in [0.4, 0.5) is 0 Å². The van der Waals surface area contributed by atoms with Gasteiger partial charge in [0.2, 0.25) is 0 Å². The Labute approximate surface area is 106 Å². The van der Waals surface area contributed by atoms with Gasteiger partial charge in [-0.3, -0.25) is 0 Å². The van der Waals surface area contributed by atoms with E-state index in [1.807, 2.05) is 17.5 Å². The predicted molar refractivity (Wildman–Crippen MR) is 73.4 cm³/mol. The van der Waals surface area contributed by atoms with Crippen LogP contribution >= 0.6 is 23.1 Å². The van der Waals surface area contributed by atoms with Crippen LogP contribution in [0.2, 0.25) is 0 Å². The average Bonchev–Trinajstić information content (AvgIpc) is 2.85. The number of thiazole rings is 1. The first kappa shape index (κ1) is 12.4. The van der Waals surface area contributed by atoms with Crippen LogP contribution in [0.25, 0.3) is 0 Å². The predicted octanol–water partition coefficient (Wildman–Crippen LogP) is 3.04.